The van der Waals surface area contributed by atoms with Gasteiger partial charge < -0.3 is 9.42 Å². The van der Waals surface area contributed by atoms with Crippen LogP contribution in [0, 0.1) is 0 Å². The van der Waals surface area contributed by atoms with Crippen LogP contribution >= 0.6 is 0 Å². The number of rotatable bonds is 2. The van der Waals surface area contributed by atoms with Gasteiger partial charge in [-0.3, -0.25) is 4.79 Å². The van der Waals surface area contributed by atoms with E-state index in [1.807, 2.05) is 11.0 Å². The van der Waals surface area contributed by atoms with E-state index in [0.717, 1.165) is 56.5 Å². The molecule has 2 heterocycles. The quantitative estimate of drug-likeness (QED) is 0.855. The van der Waals surface area contributed by atoms with Crippen molar-refractivity contribution in [1.29, 1.82) is 0 Å². The number of benzene rings is 1. The minimum atomic E-state index is 0.0223. The Morgan fingerprint density at radius 3 is 2.86 bits per heavy atom. The Bertz CT molecular complexity index is 678. The zero-order valence-corrected chi connectivity index (χ0v) is 12.6. The number of nitrogens with zero attached hydrogens (tertiary/aromatic N) is 2. The first-order valence-corrected chi connectivity index (χ1v) is 8.14. The summed E-state index contributed by atoms with van der Waals surface area (Å²) in [6.45, 7) is 1.58. The van der Waals surface area contributed by atoms with Crippen molar-refractivity contribution in [3.8, 4) is 0 Å². The first-order valence-electron chi connectivity index (χ1n) is 8.14. The average molecular weight is 296 g/mol. The fraction of sp³-hybridized carbons (Fsp3) is 0.444. The third kappa shape index (κ3) is 2.32. The molecule has 0 N–H and O–H groups in total. The molecule has 0 radical (unpaired) electrons. The first kappa shape index (κ1) is 13.6. The van der Waals surface area contributed by atoms with Gasteiger partial charge in [0.25, 0.3) is 5.91 Å². The second-order valence-electron chi connectivity index (χ2n) is 6.29. The van der Waals surface area contributed by atoms with Crippen LogP contribution in [0.15, 0.2) is 34.9 Å². The lowest BCUT2D eigenvalue weighted by Gasteiger charge is -2.16. The lowest BCUT2D eigenvalue weighted by molar-refractivity contribution is 0.0747. The lowest BCUT2D eigenvalue weighted by Crippen LogP contribution is -2.29. The number of aryl methyl sites for hydroxylation is 1. The van der Waals surface area contributed by atoms with Gasteiger partial charge in [0.05, 0.1) is 5.69 Å². The smallest absolute Gasteiger partial charge is 0.292 e. The third-order valence-corrected chi connectivity index (χ3v) is 4.90. The normalized spacial score (nSPS) is 20.9. The lowest BCUT2D eigenvalue weighted by atomic mass is 9.96. The summed E-state index contributed by atoms with van der Waals surface area (Å²) >= 11 is 0. The highest BCUT2D eigenvalue weighted by Gasteiger charge is 2.32. The predicted octanol–water partition coefficient (Wildman–Crippen LogP) is 3.18. The molecule has 0 spiro atoms. The van der Waals surface area contributed by atoms with Gasteiger partial charge in [0, 0.05) is 24.6 Å². The predicted molar refractivity (Wildman–Crippen MR) is 82.8 cm³/mol. The second-order valence-corrected chi connectivity index (χ2v) is 6.29. The highest BCUT2D eigenvalue weighted by atomic mass is 16.5. The van der Waals surface area contributed by atoms with Crippen LogP contribution in [0.5, 0.6) is 0 Å². The molecule has 4 rings (SSSR count). The summed E-state index contributed by atoms with van der Waals surface area (Å²) in [4.78, 5) is 14.7. The zero-order chi connectivity index (χ0) is 14.9. The number of fused-ring (bicyclic) bond motifs is 1. The minimum Gasteiger partial charge on any atom is -0.350 e. The van der Waals surface area contributed by atoms with Crippen LogP contribution in [0.4, 0.5) is 0 Å². The van der Waals surface area contributed by atoms with Crippen molar-refractivity contribution in [2.45, 2.75) is 38.0 Å². The van der Waals surface area contributed by atoms with Gasteiger partial charge in [-0.1, -0.05) is 35.5 Å². The van der Waals surface area contributed by atoms with E-state index in [1.54, 1.807) is 0 Å². The Labute approximate surface area is 130 Å². The molecular formula is C18H20N2O2. The highest BCUT2D eigenvalue weighted by molar-refractivity contribution is 5.93. The van der Waals surface area contributed by atoms with E-state index in [4.69, 9.17) is 4.52 Å². The maximum atomic E-state index is 12.7. The van der Waals surface area contributed by atoms with Crippen molar-refractivity contribution in [3.05, 3.63) is 52.9 Å². The number of hydrogen-bond acceptors (Lipinski definition) is 3. The summed E-state index contributed by atoms with van der Waals surface area (Å²) in [6.07, 6.45) is 5.16. The molecule has 1 aliphatic carbocycles. The molecule has 114 valence electrons. The van der Waals surface area contributed by atoms with Gasteiger partial charge >= 0.3 is 0 Å². The highest BCUT2D eigenvalue weighted by Crippen LogP contribution is 2.30. The van der Waals surface area contributed by atoms with Crippen LogP contribution < -0.4 is 0 Å². The molecule has 1 aromatic heterocycles. The summed E-state index contributed by atoms with van der Waals surface area (Å²) in [6, 6.07) is 10.4. The molecule has 2 aromatic rings. The molecule has 1 aliphatic heterocycles. The number of amides is 1. The van der Waals surface area contributed by atoms with Gasteiger partial charge in [0.2, 0.25) is 5.76 Å². The SMILES string of the molecule is O=C(c1onc2c1CCCC2)N1CCC(c2ccccc2)C1. The Morgan fingerprint density at radius 1 is 1.18 bits per heavy atom. The van der Waals surface area contributed by atoms with Crippen LogP contribution in [0.25, 0.3) is 0 Å². The van der Waals surface area contributed by atoms with Crippen LogP contribution in [-0.2, 0) is 12.8 Å². The largest absolute Gasteiger partial charge is 0.350 e. The molecule has 2 aliphatic rings. The van der Waals surface area contributed by atoms with E-state index in [9.17, 15) is 4.79 Å². The molecule has 0 saturated carbocycles. The van der Waals surface area contributed by atoms with E-state index < -0.39 is 0 Å². The van der Waals surface area contributed by atoms with Crippen molar-refractivity contribution < 1.29 is 9.32 Å². The van der Waals surface area contributed by atoms with Crippen LogP contribution in [0.1, 0.15) is 52.6 Å². The van der Waals surface area contributed by atoms with Crippen molar-refractivity contribution in [1.82, 2.24) is 10.1 Å². The topological polar surface area (TPSA) is 46.3 Å². The van der Waals surface area contributed by atoms with E-state index in [-0.39, 0.29) is 5.91 Å². The fourth-order valence-corrected chi connectivity index (χ4v) is 3.64. The number of likely N-dealkylation sites (tertiary alicyclic amines) is 1. The van der Waals surface area contributed by atoms with Crippen LogP contribution in [0.2, 0.25) is 0 Å². The molecule has 1 amide bonds. The summed E-state index contributed by atoms with van der Waals surface area (Å²) in [5, 5.41) is 4.10. The molecule has 4 nitrogen and oxygen atoms in total. The first-order chi connectivity index (χ1) is 10.8. The molecule has 1 aromatic carbocycles. The second kappa shape index (κ2) is 5.59. The molecule has 1 unspecified atom stereocenters. The van der Waals surface area contributed by atoms with E-state index in [2.05, 4.69) is 29.4 Å². The van der Waals surface area contributed by atoms with Gasteiger partial charge in [-0.15, -0.1) is 0 Å². The molecule has 1 fully saturated rings. The Kier molecular flexibility index (Phi) is 3.45. The molecular weight excluding hydrogens is 276 g/mol. The van der Waals surface area contributed by atoms with Crippen molar-refractivity contribution in [2.24, 2.45) is 0 Å². The Hall–Kier alpha value is -2.10. The standard InChI is InChI=1S/C18H20N2O2/c21-18(17-15-8-4-5-9-16(15)19-22-17)20-11-10-14(12-20)13-6-2-1-3-7-13/h1-3,6-7,14H,4-5,8-12H2. The average Bonchev–Trinajstić information content (AvgIpc) is 3.22. The Morgan fingerprint density at radius 2 is 2.00 bits per heavy atom. The molecule has 1 atom stereocenters. The molecule has 0 bridgehead atoms. The van der Waals surface area contributed by atoms with Gasteiger partial charge in [0.15, 0.2) is 0 Å². The maximum absolute atomic E-state index is 12.7. The van der Waals surface area contributed by atoms with Crippen LogP contribution in [0.3, 0.4) is 0 Å². The summed E-state index contributed by atoms with van der Waals surface area (Å²) in [7, 11) is 0. The minimum absolute atomic E-state index is 0.0223. The summed E-state index contributed by atoms with van der Waals surface area (Å²) in [5.74, 6) is 0.946. The van der Waals surface area contributed by atoms with Gasteiger partial charge in [-0.05, 0) is 37.7 Å². The number of carbonyl (C=O) groups is 1. The fourth-order valence-electron chi connectivity index (χ4n) is 3.64. The zero-order valence-electron chi connectivity index (χ0n) is 12.6. The number of aromatic nitrogens is 1. The number of carbonyl (C=O) groups excluding carboxylic acids is 1. The summed E-state index contributed by atoms with van der Waals surface area (Å²) < 4.78 is 5.39. The van der Waals surface area contributed by atoms with Crippen molar-refractivity contribution in [3.63, 3.8) is 0 Å². The third-order valence-electron chi connectivity index (χ3n) is 4.90. The van der Waals surface area contributed by atoms with Crippen LogP contribution in [-0.4, -0.2) is 29.1 Å². The van der Waals surface area contributed by atoms with Gasteiger partial charge in [-0.25, -0.2) is 0 Å². The number of hydrogen-bond donors (Lipinski definition) is 0. The molecule has 4 heteroatoms. The van der Waals surface area contributed by atoms with Crippen molar-refractivity contribution in [2.75, 3.05) is 13.1 Å². The molecule has 1 saturated heterocycles. The van der Waals surface area contributed by atoms with E-state index in [0.29, 0.717) is 11.7 Å². The maximum Gasteiger partial charge on any atom is 0.292 e. The van der Waals surface area contributed by atoms with E-state index in [1.165, 1.54) is 5.56 Å². The monoisotopic (exact) mass is 296 g/mol. The Balaban J connectivity index is 1.51. The summed E-state index contributed by atoms with van der Waals surface area (Å²) in [5.41, 5.74) is 3.37. The van der Waals surface area contributed by atoms with Crippen molar-refractivity contribution >= 4 is 5.91 Å². The van der Waals surface area contributed by atoms with Gasteiger partial charge in [-0.2, -0.15) is 0 Å². The molecule has 22 heavy (non-hydrogen) atoms. The van der Waals surface area contributed by atoms with E-state index >= 15 is 0 Å². The van der Waals surface area contributed by atoms with Gasteiger partial charge in [0.1, 0.15) is 0 Å².